The molecule has 0 aliphatic heterocycles. The lowest BCUT2D eigenvalue weighted by Gasteiger charge is -2.23. The molecule has 0 aliphatic carbocycles. The number of rotatable bonds is 39. The number of nitrogens with zero attached hydrogens (tertiary/aromatic N) is 1. The fourth-order valence-corrected chi connectivity index (χ4v) is 5.82. The summed E-state index contributed by atoms with van der Waals surface area (Å²) in [6, 6.07) is 0. The lowest BCUT2D eigenvalue weighted by atomic mass is 10.1. The van der Waals surface area contributed by atoms with E-state index in [4.69, 9.17) is 9.47 Å². The van der Waals surface area contributed by atoms with Gasteiger partial charge in [0.2, 0.25) is 5.91 Å². The molecule has 1 amide bonds. The van der Waals surface area contributed by atoms with Crippen LogP contribution in [0.4, 0.5) is 0 Å². The second kappa shape index (κ2) is 40.9. The van der Waals surface area contributed by atoms with E-state index in [1.54, 1.807) is 0 Å². The zero-order chi connectivity index (χ0) is 40.5. The summed E-state index contributed by atoms with van der Waals surface area (Å²) in [6.07, 6.45) is 41.4. The Kier molecular flexibility index (Phi) is 38.9. The summed E-state index contributed by atoms with van der Waals surface area (Å²) < 4.78 is 10.9. The number of nitrogens with one attached hydrogen (secondary N) is 1. The first-order valence-electron chi connectivity index (χ1n) is 22.1. The zero-order valence-corrected chi connectivity index (χ0v) is 35.4. The maximum Gasteiger partial charge on any atom is 0.305 e. The molecule has 9 heteroatoms. The Balaban J connectivity index is 4.24. The summed E-state index contributed by atoms with van der Waals surface area (Å²) in [4.78, 5) is 39.1. The summed E-state index contributed by atoms with van der Waals surface area (Å²) >= 11 is 0. The first-order valence-corrected chi connectivity index (χ1v) is 22.1. The minimum absolute atomic E-state index is 0.0566. The molecule has 9 nitrogen and oxygen atoms in total. The van der Waals surface area contributed by atoms with Crippen molar-refractivity contribution in [3.8, 4) is 0 Å². The molecule has 0 aromatic rings. The average molecular weight is 775 g/mol. The van der Waals surface area contributed by atoms with Gasteiger partial charge in [-0.25, -0.2) is 0 Å². The number of carbonyl (C=O) groups excluding carboxylic acids is 3. The fourth-order valence-electron chi connectivity index (χ4n) is 5.82. The number of unbranched alkanes of at least 4 members (excludes halogenated alkanes) is 16. The van der Waals surface area contributed by atoms with Crippen LogP contribution in [0.25, 0.3) is 0 Å². The Morgan fingerprint density at radius 3 is 1.35 bits per heavy atom. The first kappa shape index (κ1) is 52.2. The first-order chi connectivity index (χ1) is 26.8. The van der Waals surface area contributed by atoms with Crippen LogP contribution in [0.1, 0.15) is 175 Å². The van der Waals surface area contributed by atoms with Crippen LogP contribution < -0.4 is 5.32 Å². The second-order valence-corrected chi connectivity index (χ2v) is 14.7. The van der Waals surface area contributed by atoms with Crippen LogP contribution in [0, 0.1) is 0 Å². The maximum atomic E-state index is 12.9. The Labute approximate surface area is 336 Å². The van der Waals surface area contributed by atoms with Crippen molar-refractivity contribution in [3.63, 3.8) is 0 Å². The number of ether oxygens (including phenoxy) is 2. The lowest BCUT2D eigenvalue weighted by Crippen LogP contribution is -2.44. The van der Waals surface area contributed by atoms with Gasteiger partial charge < -0.3 is 29.9 Å². The van der Waals surface area contributed by atoms with Crippen LogP contribution in [0.2, 0.25) is 0 Å². The summed E-state index contributed by atoms with van der Waals surface area (Å²) in [5, 5.41) is 22.2. The van der Waals surface area contributed by atoms with Gasteiger partial charge in [0.25, 0.3) is 0 Å². The normalized spacial score (nSPS) is 13.0. The highest BCUT2D eigenvalue weighted by Crippen LogP contribution is 2.10. The average Bonchev–Trinajstić information content (AvgIpc) is 3.17. The van der Waals surface area contributed by atoms with Crippen LogP contribution in [-0.2, 0) is 23.9 Å². The van der Waals surface area contributed by atoms with Crippen LogP contribution in [-0.4, -0.2) is 84.6 Å². The number of aliphatic hydroxyl groups is 2. The SMILES string of the molecule is CCCCC/C=C\C/C=C\CCCCCCCC(=O)OCCN(CCOC(=O)CCCCCCC/C=C\C/C=C\CCCCC)C(=O)CNC[C@@H](O)[C@H](C)O. The summed E-state index contributed by atoms with van der Waals surface area (Å²) in [7, 11) is 0. The van der Waals surface area contributed by atoms with Gasteiger partial charge in [0.1, 0.15) is 13.2 Å². The molecule has 0 unspecified atom stereocenters. The van der Waals surface area contributed by atoms with Crippen molar-refractivity contribution in [2.75, 3.05) is 39.4 Å². The highest BCUT2D eigenvalue weighted by Gasteiger charge is 2.17. The molecule has 0 bridgehead atoms. The van der Waals surface area contributed by atoms with Crippen molar-refractivity contribution in [1.29, 1.82) is 0 Å². The number of amides is 1. The number of esters is 2. The van der Waals surface area contributed by atoms with E-state index >= 15 is 0 Å². The van der Waals surface area contributed by atoms with Gasteiger partial charge >= 0.3 is 11.9 Å². The monoisotopic (exact) mass is 775 g/mol. The molecule has 0 radical (unpaired) electrons. The van der Waals surface area contributed by atoms with Crippen molar-refractivity contribution >= 4 is 17.8 Å². The largest absolute Gasteiger partial charge is 0.464 e. The minimum atomic E-state index is -0.994. The quantitative estimate of drug-likeness (QED) is 0.0320. The molecule has 2 atom stereocenters. The van der Waals surface area contributed by atoms with Crippen LogP contribution in [0.5, 0.6) is 0 Å². The van der Waals surface area contributed by atoms with Crippen molar-refractivity contribution < 1.29 is 34.1 Å². The van der Waals surface area contributed by atoms with Gasteiger partial charge in [0, 0.05) is 19.4 Å². The summed E-state index contributed by atoms with van der Waals surface area (Å²) in [5.74, 6) is -0.826. The van der Waals surface area contributed by atoms with Gasteiger partial charge in [-0.1, -0.05) is 127 Å². The molecule has 55 heavy (non-hydrogen) atoms. The van der Waals surface area contributed by atoms with Gasteiger partial charge in [0.15, 0.2) is 0 Å². The van der Waals surface area contributed by atoms with E-state index in [9.17, 15) is 24.6 Å². The molecular formula is C46H82N2O7. The predicted molar refractivity (Wildman–Crippen MR) is 228 cm³/mol. The number of aliphatic hydroxyl groups excluding tert-OH is 2. The predicted octanol–water partition coefficient (Wildman–Crippen LogP) is 9.86. The number of allylic oxidation sites excluding steroid dienone is 8. The molecule has 0 heterocycles. The van der Waals surface area contributed by atoms with E-state index in [1.807, 2.05) is 0 Å². The van der Waals surface area contributed by atoms with Crippen molar-refractivity contribution in [1.82, 2.24) is 10.2 Å². The molecule has 0 rings (SSSR count). The van der Waals surface area contributed by atoms with Crippen LogP contribution in [0.3, 0.4) is 0 Å². The van der Waals surface area contributed by atoms with Gasteiger partial charge in [0.05, 0.1) is 31.8 Å². The zero-order valence-electron chi connectivity index (χ0n) is 35.4. The Bertz CT molecular complexity index is 960. The van der Waals surface area contributed by atoms with Gasteiger partial charge in [-0.2, -0.15) is 0 Å². The third-order valence-corrected chi connectivity index (χ3v) is 9.45. The van der Waals surface area contributed by atoms with Crippen LogP contribution in [0.15, 0.2) is 48.6 Å². The van der Waals surface area contributed by atoms with Crippen molar-refractivity contribution in [2.45, 2.75) is 187 Å². The van der Waals surface area contributed by atoms with E-state index in [2.05, 4.69) is 67.8 Å². The molecule has 0 fully saturated rings. The molecule has 3 N–H and O–H groups in total. The van der Waals surface area contributed by atoms with Gasteiger partial charge in [-0.05, 0) is 84.0 Å². The second-order valence-electron chi connectivity index (χ2n) is 14.7. The van der Waals surface area contributed by atoms with E-state index in [1.165, 1.54) is 63.2 Å². The Hall–Kier alpha value is -2.75. The lowest BCUT2D eigenvalue weighted by molar-refractivity contribution is -0.147. The number of hydrogen-bond acceptors (Lipinski definition) is 8. The molecule has 0 saturated carbocycles. The number of carbonyl (C=O) groups is 3. The van der Waals surface area contributed by atoms with E-state index in [0.29, 0.717) is 12.8 Å². The summed E-state index contributed by atoms with van der Waals surface area (Å²) in [5.41, 5.74) is 0. The maximum absolute atomic E-state index is 12.9. The smallest absolute Gasteiger partial charge is 0.305 e. The molecule has 0 saturated heterocycles. The number of hydrogen-bond donors (Lipinski definition) is 3. The molecule has 0 spiro atoms. The molecular weight excluding hydrogens is 693 g/mol. The Morgan fingerprint density at radius 2 is 0.945 bits per heavy atom. The van der Waals surface area contributed by atoms with Gasteiger partial charge in [-0.3, -0.25) is 14.4 Å². The van der Waals surface area contributed by atoms with E-state index in [0.717, 1.165) is 89.9 Å². The van der Waals surface area contributed by atoms with E-state index < -0.39 is 12.2 Å². The summed E-state index contributed by atoms with van der Waals surface area (Å²) in [6.45, 7) is 6.39. The molecule has 318 valence electrons. The third-order valence-electron chi connectivity index (χ3n) is 9.45. The molecule has 0 aromatic carbocycles. The highest BCUT2D eigenvalue weighted by molar-refractivity contribution is 5.78. The third kappa shape index (κ3) is 37.9. The molecule has 0 aromatic heterocycles. The fraction of sp³-hybridized carbons (Fsp3) is 0.761. The van der Waals surface area contributed by atoms with E-state index in [-0.39, 0.29) is 57.2 Å². The van der Waals surface area contributed by atoms with Crippen molar-refractivity contribution in [3.05, 3.63) is 48.6 Å². The topological polar surface area (TPSA) is 125 Å². The Morgan fingerprint density at radius 1 is 0.564 bits per heavy atom. The van der Waals surface area contributed by atoms with Gasteiger partial charge in [-0.15, -0.1) is 0 Å². The molecule has 0 aliphatic rings. The minimum Gasteiger partial charge on any atom is -0.464 e. The van der Waals surface area contributed by atoms with Crippen molar-refractivity contribution in [2.24, 2.45) is 0 Å². The standard InChI is InChI=1S/C46H82N2O7/c1-4-6-8-10-12-14-16-18-20-22-24-26-28-30-32-34-45(52)54-38-36-48(44(51)41-47-40-43(50)42(3)49)37-39-55-46(53)35-33-31-29-27-25-23-21-19-17-15-13-11-9-7-5-2/h12-15,18-21,42-43,47,49-50H,4-11,16-17,22-41H2,1-3H3/b14-12-,15-13-,20-18-,21-19-/t42-,43+/m0/s1. The highest BCUT2D eigenvalue weighted by atomic mass is 16.5. The van der Waals surface area contributed by atoms with Crippen LogP contribution >= 0.6 is 0 Å².